The fourth-order valence-corrected chi connectivity index (χ4v) is 3.11. The van der Waals surface area contributed by atoms with Gasteiger partial charge in [0.25, 0.3) is 0 Å². The lowest BCUT2D eigenvalue weighted by Crippen LogP contribution is -2.45. The molecule has 0 aromatic heterocycles. The van der Waals surface area contributed by atoms with Crippen molar-refractivity contribution in [1.82, 2.24) is 4.90 Å². The topological polar surface area (TPSA) is 29.5 Å². The highest BCUT2D eigenvalue weighted by Crippen LogP contribution is 2.36. The Morgan fingerprint density at radius 2 is 2.00 bits per heavy atom. The lowest BCUT2D eigenvalue weighted by Gasteiger charge is -2.35. The van der Waals surface area contributed by atoms with Gasteiger partial charge in [-0.15, -0.1) is 0 Å². The van der Waals surface area contributed by atoms with Crippen molar-refractivity contribution in [1.29, 1.82) is 0 Å². The molecule has 2 fully saturated rings. The molecule has 2 bridgehead atoms. The van der Waals surface area contributed by atoms with Gasteiger partial charge in [-0.2, -0.15) is 0 Å². The third-order valence-corrected chi connectivity index (χ3v) is 3.89. The normalized spacial score (nSPS) is 30.3. The molecule has 0 aliphatic carbocycles. The number of nitrogens with zero attached hydrogens (tertiary/aromatic N) is 1. The second-order valence-electron chi connectivity index (χ2n) is 5.05. The maximum Gasteiger partial charge on any atom is 0.312 e. The summed E-state index contributed by atoms with van der Waals surface area (Å²) in [5.41, 5.74) is 0. The Morgan fingerprint density at radius 3 is 2.61 bits per heavy atom. The third kappa shape index (κ3) is 2.07. The second-order valence-corrected chi connectivity index (χ2v) is 5.05. The number of amides is 1. The molecule has 2 aliphatic rings. The van der Waals surface area contributed by atoms with Crippen LogP contribution in [0.1, 0.15) is 25.7 Å². The van der Waals surface area contributed by atoms with Crippen LogP contribution in [-0.2, 0) is 4.79 Å². The number of rotatable bonds is 3. The summed E-state index contributed by atoms with van der Waals surface area (Å²) in [4.78, 5) is 12.6. The van der Waals surface area contributed by atoms with E-state index in [9.17, 15) is 9.18 Å². The Balaban J connectivity index is 1.68. The van der Waals surface area contributed by atoms with Gasteiger partial charge >= 0.3 is 6.41 Å². The molecule has 95 valence electrons. The van der Waals surface area contributed by atoms with Gasteiger partial charge in [0.1, 0.15) is 17.7 Å². The van der Waals surface area contributed by atoms with Crippen LogP contribution >= 0.6 is 0 Å². The summed E-state index contributed by atoms with van der Waals surface area (Å²) in [7, 11) is 0. The van der Waals surface area contributed by atoms with Crippen LogP contribution in [0.5, 0.6) is 5.75 Å². The van der Waals surface area contributed by atoms with Crippen LogP contribution in [0, 0.1) is 5.82 Å². The lowest BCUT2D eigenvalue weighted by atomic mass is 10.0. The number of piperidine rings is 1. The zero-order valence-corrected chi connectivity index (χ0v) is 10.0. The van der Waals surface area contributed by atoms with Crippen LogP contribution in [0.25, 0.3) is 0 Å². The van der Waals surface area contributed by atoms with E-state index in [0.29, 0.717) is 5.75 Å². The van der Waals surface area contributed by atoms with Gasteiger partial charge in [-0.05, 0) is 25.0 Å². The first-order valence-electron chi connectivity index (χ1n) is 6.34. The van der Waals surface area contributed by atoms with Gasteiger partial charge in [-0.3, -0.25) is 4.79 Å². The van der Waals surface area contributed by atoms with Crippen LogP contribution in [-0.4, -0.2) is 29.5 Å². The van der Waals surface area contributed by atoms with Gasteiger partial charge in [0.05, 0.1) is 0 Å². The average Bonchev–Trinajstić information content (AvgIpc) is 2.60. The first-order chi connectivity index (χ1) is 8.76. The number of hydrogen-bond donors (Lipinski definition) is 0. The number of ether oxygens (including phenoxy) is 1. The van der Waals surface area contributed by atoms with Crippen molar-refractivity contribution in [2.45, 2.75) is 43.9 Å². The van der Waals surface area contributed by atoms with Gasteiger partial charge in [-0.25, -0.2) is 4.39 Å². The van der Waals surface area contributed by atoms with E-state index < -0.39 is 0 Å². The summed E-state index contributed by atoms with van der Waals surface area (Å²) in [5.74, 6) is 0.289. The quantitative estimate of drug-likeness (QED) is 0.821. The van der Waals surface area contributed by atoms with E-state index in [0.717, 1.165) is 25.7 Å². The SMILES string of the molecule is O=[C]N1C2CCC1CC(Oc1cccc(F)c1)C2. The van der Waals surface area contributed by atoms with Crippen LogP contribution in [0.15, 0.2) is 24.3 Å². The molecule has 18 heavy (non-hydrogen) atoms. The zero-order valence-electron chi connectivity index (χ0n) is 10.0. The molecule has 0 N–H and O–H groups in total. The van der Waals surface area contributed by atoms with Gasteiger partial charge in [0, 0.05) is 31.0 Å². The predicted molar refractivity (Wildman–Crippen MR) is 64.4 cm³/mol. The molecule has 1 amide bonds. The maximum atomic E-state index is 13.1. The molecule has 0 spiro atoms. The van der Waals surface area contributed by atoms with Crippen molar-refractivity contribution in [2.24, 2.45) is 0 Å². The third-order valence-electron chi connectivity index (χ3n) is 3.89. The van der Waals surface area contributed by atoms with E-state index in [2.05, 4.69) is 0 Å². The molecule has 0 saturated carbocycles. The molecule has 3 nitrogen and oxygen atoms in total. The molecule has 2 saturated heterocycles. The van der Waals surface area contributed by atoms with Crippen molar-refractivity contribution in [3.05, 3.63) is 30.1 Å². The highest BCUT2D eigenvalue weighted by molar-refractivity contribution is 5.50. The van der Waals surface area contributed by atoms with Crippen LogP contribution in [0.4, 0.5) is 4.39 Å². The molecule has 2 atom stereocenters. The molecule has 4 heteroatoms. The van der Waals surface area contributed by atoms with E-state index in [4.69, 9.17) is 4.74 Å². The molecule has 1 aromatic carbocycles. The first-order valence-corrected chi connectivity index (χ1v) is 6.34. The molecule has 2 unspecified atom stereocenters. The van der Waals surface area contributed by atoms with Gasteiger partial charge < -0.3 is 9.64 Å². The molecule has 3 rings (SSSR count). The zero-order chi connectivity index (χ0) is 12.5. The maximum absolute atomic E-state index is 13.1. The second kappa shape index (κ2) is 4.59. The summed E-state index contributed by atoms with van der Waals surface area (Å²) in [5, 5.41) is 0. The minimum absolute atomic E-state index is 0.0777. The van der Waals surface area contributed by atoms with Gasteiger partial charge in [-0.1, -0.05) is 6.07 Å². The number of hydrogen-bond acceptors (Lipinski definition) is 2. The Hall–Kier alpha value is -1.58. The number of fused-ring (bicyclic) bond motifs is 2. The molecule has 1 radical (unpaired) electrons. The van der Waals surface area contributed by atoms with Gasteiger partial charge in [0.15, 0.2) is 0 Å². The minimum atomic E-state index is -0.283. The molecule has 1 aromatic rings. The highest BCUT2D eigenvalue weighted by Gasteiger charge is 2.41. The summed E-state index contributed by atoms with van der Waals surface area (Å²) in [6.07, 6.45) is 5.81. The van der Waals surface area contributed by atoms with Crippen molar-refractivity contribution < 1.29 is 13.9 Å². The van der Waals surface area contributed by atoms with Crippen LogP contribution < -0.4 is 4.74 Å². The van der Waals surface area contributed by atoms with Crippen molar-refractivity contribution in [3.8, 4) is 5.75 Å². The average molecular weight is 248 g/mol. The molecular weight excluding hydrogens is 233 g/mol. The summed E-state index contributed by atoms with van der Waals surface area (Å²) in [6, 6.07) is 6.72. The summed E-state index contributed by atoms with van der Waals surface area (Å²) < 4.78 is 18.9. The lowest BCUT2D eigenvalue weighted by molar-refractivity contribution is 0.0875. The van der Waals surface area contributed by atoms with Crippen molar-refractivity contribution >= 4 is 6.41 Å². The monoisotopic (exact) mass is 248 g/mol. The Labute approximate surface area is 106 Å². The standard InChI is InChI=1S/C14H15FNO2/c15-10-2-1-3-13(6-10)18-14-7-11-4-5-12(8-14)16(11)9-17/h1-3,6,11-12,14H,4-5,7-8H2. The molecule has 2 heterocycles. The Kier molecular flexibility index (Phi) is 2.94. The number of benzene rings is 1. The Morgan fingerprint density at radius 1 is 1.28 bits per heavy atom. The van der Waals surface area contributed by atoms with Crippen LogP contribution in [0.2, 0.25) is 0 Å². The van der Waals surface area contributed by atoms with Crippen LogP contribution in [0.3, 0.4) is 0 Å². The largest absolute Gasteiger partial charge is 0.490 e. The smallest absolute Gasteiger partial charge is 0.312 e. The van der Waals surface area contributed by atoms with E-state index in [1.54, 1.807) is 17.0 Å². The first kappa shape index (κ1) is 11.5. The number of halogens is 1. The fraction of sp³-hybridized carbons (Fsp3) is 0.500. The van der Waals surface area contributed by atoms with E-state index >= 15 is 0 Å². The van der Waals surface area contributed by atoms with E-state index in [1.165, 1.54) is 12.1 Å². The number of carbonyl (C=O) groups excluding carboxylic acids is 1. The van der Waals surface area contributed by atoms with Crippen molar-refractivity contribution in [2.75, 3.05) is 0 Å². The minimum Gasteiger partial charge on any atom is -0.490 e. The summed E-state index contributed by atoms with van der Waals surface area (Å²) in [6.45, 7) is 0. The van der Waals surface area contributed by atoms with E-state index in [1.807, 2.05) is 6.41 Å². The fourth-order valence-electron chi connectivity index (χ4n) is 3.11. The van der Waals surface area contributed by atoms with Crippen molar-refractivity contribution in [3.63, 3.8) is 0 Å². The molecular formula is C14H15FNO2. The van der Waals surface area contributed by atoms with Gasteiger partial charge in [0.2, 0.25) is 0 Å². The Bertz CT molecular complexity index is 437. The summed E-state index contributed by atoms with van der Waals surface area (Å²) >= 11 is 0. The highest BCUT2D eigenvalue weighted by atomic mass is 19.1. The molecule has 2 aliphatic heterocycles. The predicted octanol–water partition coefficient (Wildman–Crippen LogP) is 2.27. The van der Waals surface area contributed by atoms with E-state index in [-0.39, 0.29) is 24.0 Å².